The molecule has 1 atom stereocenters. The van der Waals surface area contributed by atoms with Gasteiger partial charge in [-0.25, -0.2) is 0 Å². The molecule has 1 N–H and O–H groups in total. The zero-order valence-electron chi connectivity index (χ0n) is 14.2. The molecule has 4 rings (SSSR count). The fourth-order valence-electron chi connectivity index (χ4n) is 3.55. The second-order valence-electron chi connectivity index (χ2n) is 6.37. The fourth-order valence-corrected chi connectivity index (χ4v) is 3.55. The fraction of sp³-hybridized carbons (Fsp3) is 0.0870. The minimum atomic E-state index is -0.796. The summed E-state index contributed by atoms with van der Waals surface area (Å²) in [5.74, 6) is -0.987. The van der Waals surface area contributed by atoms with Crippen LogP contribution in [0.25, 0.3) is 16.6 Å². The molecule has 1 heterocycles. The van der Waals surface area contributed by atoms with Crippen LogP contribution in [0, 0.1) is 0 Å². The summed E-state index contributed by atoms with van der Waals surface area (Å²) in [5, 5.41) is 10.6. The van der Waals surface area contributed by atoms with Gasteiger partial charge in [0.2, 0.25) is 0 Å². The summed E-state index contributed by atoms with van der Waals surface area (Å²) >= 11 is 0. The number of hydrogen-bond acceptors (Lipinski definition) is 1. The van der Waals surface area contributed by atoms with Gasteiger partial charge in [0.25, 0.3) is 0 Å². The van der Waals surface area contributed by atoms with E-state index in [1.54, 1.807) is 0 Å². The number of fused-ring (bicyclic) bond motifs is 1. The normalized spacial score (nSPS) is 12.2. The number of nitrogens with zero attached hydrogens (tertiary/aromatic N) is 1. The van der Waals surface area contributed by atoms with Gasteiger partial charge in [-0.1, -0.05) is 66.7 Å². The summed E-state index contributed by atoms with van der Waals surface area (Å²) in [6, 6.07) is 28.2. The molecule has 0 saturated heterocycles. The van der Waals surface area contributed by atoms with Crippen molar-refractivity contribution in [2.75, 3.05) is 0 Å². The highest BCUT2D eigenvalue weighted by Gasteiger charge is 2.22. The molecular formula is C23H19NO2. The molecule has 0 spiro atoms. The minimum absolute atomic E-state index is 0.0623. The molecule has 3 nitrogen and oxygen atoms in total. The average Bonchev–Trinajstić information content (AvgIpc) is 3.07. The van der Waals surface area contributed by atoms with Crippen molar-refractivity contribution in [3.05, 3.63) is 102 Å². The molecule has 0 fully saturated rings. The Balaban J connectivity index is 1.93. The number of carboxylic acid groups (broad SMARTS) is 1. The Morgan fingerprint density at radius 1 is 0.846 bits per heavy atom. The van der Waals surface area contributed by atoms with Crippen LogP contribution >= 0.6 is 0 Å². The van der Waals surface area contributed by atoms with Crippen molar-refractivity contribution < 1.29 is 9.90 Å². The molecule has 0 aliphatic heterocycles. The zero-order chi connectivity index (χ0) is 17.9. The van der Waals surface area contributed by atoms with Crippen molar-refractivity contribution in [1.29, 1.82) is 0 Å². The highest BCUT2D eigenvalue weighted by atomic mass is 16.4. The van der Waals surface area contributed by atoms with Gasteiger partial charge in [-0.05, 0) is 29.3 Å². The first kappa shape index (κ1) is 16.2. The lowest BCUT2D eigenvalue weighted by atomic mass is 9.88. The summed E-state index contributed by atoms with van der Waals surface area (Å²) in [6.45, 7) is 0. The molecule has 4 aromatic rings. The lowest BCUT2D eigenvalue weighted by Gasteiger charge is -2.15. The van der Waals surface area contributed by atoms with Crippen molar-refractivity contribution in [2.24, 2.45) is 0 Å². The van der Waals surface area contributed by atoms with E-state index in [-0.39, 0.29) is 12.3 Å². The quantitative estimate of drug-likeness (QED) is 0.539. The zero-order valence-corrected chi connectivity index (χ0v) is 14.2. The first-order valence-electron chi connectivity index (χ1n) is 8.66. The topological polar surface area (TPSA) is 42.2 Å². The van der Waals surface area contributed by atoms with Crippen LogP contribution in [0.2, 0.25) is 0 Å². The van der Waals surface area contributed by atoms with Crippen molar-refractivity contribution in [3.63, 3.8) is 0 Å². The molecule has 1 unspecified atom stereocenters. The number of benzene rings is 3. The van der Waals surface area contributed by atoms with Gasteiger partial charge in [-0.3, -0.25) is 4.79 Å². The van der Waals surface area contributed by atoms with Crippen LogP contribution in [0.15, 0.2) is 91.1 Å². The second-order valence-corrected chi connectivity index (χ2v) is 6.37. The van der Waals surface area contributed by atoms with Crippen LogP contribution in [0.5, 0.6) is 0 Å². The summed E-state index contributed by atoms with van der Waals surface area (Å²) < 4.78 is 2.14. The van der Waals surface area contributed by atoms with Gasteiger partial charge < -0.3 is 9.67 Å². The van der Waals surface area contributed by atoms with Crippen LogP contribution in [0.3, 0.4) is 0 Å². The minimum Gasteiger partial charge on any atom is -0.481 e. The predicted molar refractivity (Wildman–Crippen MR) is 104 cm³/mol. The number of para-hydroxylation sites is 2. The maximum atomic E-state index is 11.6. The Morgan fingerprint density at radius 2 is 1.46 bits per heavy atom. The Labute approximate surface area is 152 Å². The number of aliphatic carboxylic acids is 1. The first-order chi connectivity index (χ1) is 12.7. The van der Waals surface area contributed by atoms with Crippen LogP contribution in [0.4, 0.5) is 0 Å². The first-order valence-corrected chi connectivity index (χ1v) is 8.66. The van der Waals surface area contributed by atoms with E-state index in [1.807, 2.05) is 60.7 Å². The predicted octanol–water partition coefficient (Wildman–Crippen LogP) is 5.24. The third-order valence-corrected chi connectivity index (χ3v) is 4.73. The molecule has 128 valence electrons. The van der Waals surface area contributed by atoms with Crippen molar-refractivity contribution in [3.8, 4) is 5.69 Å². The van der Waals surface area contributed by atoms with E-state index >= 15 is 0 Å². The van der Waals surface area contributed by atoms with Crippen LogP contribution in [-0.4, -0.2) is 15.6 Å². The highest BCUT2D eigenvalue weighted by molar-refractivity contribution is 5.87. The standard InChI is InChI=1S/C23H19NO2/c25-23(26)15-20(17-9-3-1-4-10-17)21-16-24(18-11-5-2-6-12-18)22-14-8-7-13-19(21)22/h1-14,16,20H,15H2,(H,25,26). The lowest BCUT2D eigenvalue weighted by molar-refractivity contribution is -0.137. The molecule has 0 saturated carbocycles. The molecule has 3 heteroatoms. The van der Waals surface area contributed by atoms with E-state index in [0.29, 0.717) is 0 Å². The Kier molecular flexibility index (Phi) is 4.28. The van der Waals surface area contributed by atoms with Gasteiger partial charge in [0.1, 0.15) is 0 Å². The lowest BCUT2D eigenvalue weighted by Crippen LogP contribution is -2.07. The summed E-state index contributed by atoms with van der Waals surface area (Å²) in [5.41, 5.74) is 4.21. The van der Waals surface area contributed by atoms with Crippen LogP contribution in [-0.2, 0) is 4.79 Å². The van der Waals surface area contributed by atoms with Crippen LogP contribution < -0.4 is 0 Å². The number of carbonyl (C=O) groups is 1. The smallest absolute Gasteiger partial charge is 0.304 e. The largest absolute Gasteiger partial charge is 0.481 e. The molecule has 0 amide bonds. The van der Waals surface area contributed by atoms with E-state index in [4.69, 9.17) is 0 Å². The molecule has 0 radical (unpaired) electrons. The van der Waals surface area contributed by atoms with E-state index in [1.165, 1.54) is 0 Å². The summed E-state index contributed by atoms with van der Waals surface area (Å²) in [6.07, 6.45) is 2.15. The Hall–Kier alpha value is -3.33. The van der Waals surface area contributed by atoms with Crippen molar-refractivity contribution in [1.82, 2.24) is 4.57 Å². The van der Waals surface area contributed by atoms with Crippen molar-refractivity contribution in [2.45, 2.75) is 12.3 Å². The van der Waals surface area contributed by atoms with Gasteiger partial charge in [-0.15, -0.1) is 0 Å². The summed E-state index contributed by atoms with van der Waals surface area (Å²) in [4.78, 5) is 11.6. The molecule has 0 aliphatic carbocycles. The molecular weight excluding hydrogens is 322 g/mol. The average molecular weight is 341 g/mol. The van der Waals surface area contributed by atoms with Gasteiger partial charge >= 0.3 is 5.97 Å². The van der Waals surface area contributed by atoms with Gasteiger partial charge in [0, 0.05) is 23.2 Å². The van der Waals surface area contributed by atoms with E-state index in [2.05, 4.69) is 35.0 Å². The molecule has 26 heavy (non-hydrogen) atoms. The van der Waals surface area contributed by atoms with Crippen molar-refractivity contribution >= 4 is 16.9 Å². The Morgan fingerprint density at radius 3 is 2.15 bits per heavy atom. The molecule has 0 aliphatic rings. The summed E-state index contributed by atoms with van der Waals surface area (Å²) in [7, 11) is 0. The van der Waals surface area contributed by atoms with Crippen LogP contribution in [0.1, 0.15) is 23.5 Å². The maximum absolute atomic E-state index is 11.6. The third-order valence-electron chi connectivity index (χ3n) is 4.73. The number of carboxylic acids is 1. The molecule has 1 aromatic heterocycles. The van der Waals surface area contributed by atoms with E-state index in [0.717, 1.165) is 27.7 Å². The number of aromatic nitrogens is 1. The van der Waals surface area contributed by atoms with Gasteiger partial charge in [-0.2, -0.15) is 0 Å². The molecule has 3 aromatic carbocycles. The monoisotopic (exact) mass is 341 g/mol. The molecule has 0 bridgehead atoms. The van der Waals surface area contributed by atoms with Gasteiger partial charge in [0.15, 0.2) is 0 Å². The Bertz CT molecular complexity index is 1040. The van der Waals surface area contributed by atoms with Gasteiger partial charge in [0.05, 0.1) is 11.9 Å². The highest BCUT2D eigenvalue weighted by Crippen LogP contribution is 2.35. The van der Waals surface area contributed by atoms with E-state index < -0.39 is 5.97 Å². The van der Waals surface area contributed by atoms with E-state index in [9.17, 15) is 9.90 Å². The maximum Gasteiger partial charge on any atom is 0.304 e. The number of hydrogen-bond donors (Lipinski definition) is 1. The SMILES string of the molecule is O=C(O)CC(c1ccccc1)c1cn(-c2ccccc2)c2ccccc12. The second kappa shape index (κ2) is 6.89. The number of rotatable bonds is 5. The third kappa shape index (κ3) is 3.00.